The van der Waals surface area contributed by atoms with Crippen LogP contribution in [0.3, 0.4) is 0 Å². The third kappa shape index (κ3) is 4.85. The molecule has 0 saturated carbocycles. The number of nitrogens with zero attached hydrogens (tertiary/aromatic N) is 2. The first-order chi connectivity index (χ1) is 14.6. The van der Waals surface area contributed by atoms with Gasteiger partial charge in [0.15, 0.2) is 0 Å². The lowest BCUT2D eigenvalue weighted by molar-refractivity contribution is -0.131. The fourth-order valence-corrected chi connectivity index (χ4v) is 5.27. The monoisotopic (exact) mass is 422 g/mol. The first kappa shape index (κ1) is 20.9. The molecule has 1 aliphatic rings. The fourth-order valence-electron chi connectivity index (χ4n) is 4.21. The van der Waals surface area contributed by atoms with Crippen LogP contribution < -0.4 is 4.74 Å². The number of rotatable bonds is 8. The van der Waals surface area contributed by atoms with Gasteiger partial charge in [-0.05, 0) is 68.1 Å². The van der Waals surface area contributed by atoms with E-state index in [9.17, 15) is 4.79 Å². The highest BCUT2D eigenvalue weighted by Gasteiger charge is 2.26. The molecule has 0 unspecified atom stereocenters. The van der Waals surface area contributed by atoms with Gasteiger partial charge in [-0.2, -0.15) is 0 Å². The van der Waals surface area contributed by atoms with E-state index in [1.807, 2.05) is 43.1 Å². The van der Waals surface area contributed by atoms with Gasteiger partial charge in [0.2, 0.25) is 5.91 Å². The molecular formula is C25H30N2O2S. The molecule has 1 amide bonds. The predicted octanol–water partition coefficient (Wildman–Crippen LogP) is 5.14. The molecule has 30 heavy (non-hydrogen) atoms. The summed E-state index contributed by atoms with van der Waals surface area (Å²) in [7, 11) is 1.95. The zero-order chi connectivity index (χ0) is 20.9. The Hall–Kier alpha value is -2.37. The summed E-state index contributed by atoms with van der Waals surface area (Å²) in [5.74, 6) is 1.03. The van der Waals surface area contributed by atoms with Gasteiger partial charge in [-0.15, -0.1) is 11.3 Å². The number of carbonyl (C=O) groups excluding carboxylic acids is 1. The zero-order valence-electron chi connectivity index (χ0n) is 17.8. The van der Waals surface area contributed by atoms with Crippen LogP contribution in [-0.2, 0) is 11.2 Å². The maximum Gasteiger partial charge on any atom is 0.228 e. The van der Waals surface area contributed by atoms with Gasteiger partial charge in [-0.3, -0.25) is 4.79 Å². The Morgan fingerprint density at radius 3 is 2.70 bits per heavy atom. The molecule has 2 heterocycles. The van der Waals surface area contributed by atoms with Crippen LogP contribution in [0.15, 0.2) is 54.6 Å². The standard InChI is InChI=1S/C25H30N2O2S/c1-3-29-21-11-8-10-19(15-21)23(18-27-13-6-7-14-27)26(2)25(28)17-22-16-20-9-4-5-12-24(20)30-22/h4-5,8-12,15-16,23H,3,6-7,13-14,17-18H2,1-2H3/t23-/m1/s1. The average molecular weight is 423 g/mol. The second kappa shape index (κ2) is 9.63. The number of thiophene rings is 1. The Morgan fingerprint density at radius 1 is 1.13 bits per heavy atom. The van der Waals surface area contributed by atoms with Gasteiger partial charge in [-0.25, -0.2) is 0 Å². The van der Waals surface area contributed by atoms with Crippen LogP contribution >= 0.6 is 11.3 Å². The van der Waals surface area contributed by atoms with E-state index >= 15 is 0 Å². The summed E-state index contributed by atoms with van der Waals surface area (Å²) in [6.45, 7) is 5.72. The van der Waals surface area contributed by atoms with Crippen LogP contribution in [-0.4, -0.2) is 49.0 Å². The topological polar surface area (TPSA) is 32.8 Å². The Bertz CT molecular complexity index is 960. The molecule has 0 N–H and O–H groups in total. The highest BCUT2D eigenvalue weighted by Crippen LogP contribution is 2.29. The van der Waals surface area contributed by atoms with Crippen molar-refractivity contribution in [3.8, 4) is 5.75 Å². The van der Waals surface area contributed by atoms with Crippen molar-refractivity contribution in [1.82, 2.24) is 9.80 Å². The SMILES string of the molecule is CCOc1cccc([C@@H](CN2CCCC2)N(C)C(=O)Cc2cc3ccccc3s2)c1. The lowest BCUT2D eigenvalue weighted by atomic mass is 10.0. The molecule has 4 rings (SSSR count). The number of likely N-dealkylation sites (N-methyl/N-ethyl adjacent to an activating group) is 1. The van der Waals surface area contributed by atoms with E-state index in [-0.39, 0.29) is 11.9 Å². The molecule has 1 atom stereocenters. The average Bonchev–Trinajstić information content (AvgIpc) is 3.41. The van der Waals surface area contributed by atoms with E-state index in [0.717, 1.165) is 35.8 Å². The molecule has 4 nitrogen and oxygen atoms in total. The predicted molar refractivity (Wildman–Crippen MR) is 124 cm³/mol. The van der Waals surface area contributed by atoms with Crippen molar-refractivity contribution >= 4 is 27.3 Å². The molecule has 3 aromatic rings. The normalized spacial score (nSPS) is 15.4. The minimum absolute atomic E-state index is 0.0189. The lowest BCUT2D eigenvalue weighted by Crippen LogP contribution is -2.39. The van der Waals surface area contributed by atoms with Crippen LogP contribution in [0.1, 0.15) is 36.2 Å². The largest absolute Gasteiger partial charge is 0.494 e. The molecule has 0 radical (unpaired) electrons. The molecule has 0 bridgehead atoms. The number of benzene rings is 2. The fraction of sp³-hybridized carbons (Fsp3) is 0.400. The molecule has 5 heteroatoms. The molecule has 0 aliphatic carbocycles. The third-order valence-electron chi connectivity index (χ3n) is 5.85. The Labute approximate surface area is 183 Å². The molecule has 2 aromatic carbocycles. The van der Waals surface area contributed by atoms with Gasteiger partial charge in [0.25, 0.3) is 0 Å². The van der Waals surface area contributed by atoms with E-state index in [1.165, 1.54) is 22.9 Å². The maximum absolute atomic E-state index is 13.3. The van der Waals surface area contributed by atoms with E-state index in [2.05, 4.69) is 35.2 Å². The van der Waals surface area contributed by atoms with Gasteiger partial charge in [0.05, 0.1) is 19.1 Å². The molecule has 158 valence electrons. The number of amides is 1. The molecule has 0 spiro atoms. The Kier molecular flexibility index (Phi) is 6.70. The molecule has 1 saturated heterocycles. The number of carbonyl (C=O) groups is 1. The van der Waals surface area contributed by atoms with Crippen molar-refractivity contribution in [2.45, 2.75) is 32.2 Å². The van der Waals surface area contributed by atoms with Crippen molar-refractivity contribution in [2.24, 2.45) is 0 Å². The van der Waals surface area contributed by atoms with E-state index in [0.29, 0.717) is 13.0 Å². The summed E-state index contributed by atoms with van der Waals surface area (Å²) in [4.78, 5) is 18.8. The van der Waals surface area contributed by atoms with Gasteiger partial charge in [0, 0.05) is 23.2 Å². The third-order valence-corrected chi connectivity index (χ3v) is 6.96. The smallest absolute Gasteiger partial charge is 0.228 e. The van der Waals surface area contributed by atoms with E-state index in [4.69, 9.17) is 4.74 Å². The summed E-state index contributed by atoms with van der Waals surface area (Å²) in [5, 5.41) is 1.21. The summed E-state index contributed by atoms with van der Waals surface area (Å²) in [5.41, 5.74) is 1.14. The quantitative estimate of drug-likeness (QED) is 0.504. The van der Waals surface area contributed by atoms with Crippen molar-refractivity contribution in [1.29, 1.82) is 0 Å². The summed E-state index contributed by atoms with van der Waals surface area (Å²) in [6, 6.07) is 18.7. The maximum atomic E-state index is 13.3. The number of fused-ring (bicyclic) bond motifs is 1. The van der Waals surface area contributed by atoms with Crippen molar-refractivity contribution in [2.75, 3.05) is 33.3 Å². The number of likely N-dealkylation sites (tertiary alicyclic amines) is 1. The first-order valence-electron chi connectivity index (χ1n) is 10.8. The first-order valence-corrected chi connectivity index (χ1v) is 11.6. The van der Waals surface area contributed by atoms with Crippen LogP contribution in [0, 0.1) is 0 Å². The summed E-state index contributed by atoms with van der Waals surface area (Å²) >= 11 is 1.71. The Morgan fingerprint density at radius 2 is 1.93 bits per heavy atom. The van der Waals surface area contributed by atoms with Gasteiger partial charge < -0.3 is 14.5 Å². The van der Waals surface area contributed by atoms with Crippen LogP contribution in [0.5, 0.6) is 5.75 Å². The summed E-state index contributed by atoms with van der Waals surface area (Å²) < 4.78 is 6.96. The van der Waals surface area contributed by atoms with Crippen LogP contribution in [0.25, 0.3) is 10.1 Å². The second-order valence-corrected chi connectivity index (χ2v) is 9.13. The minimum atomic E-state index is 0.0189. The molecule has 1 aliphatic heterocycles. The zero-order valence-corrected chi connectivity index (χ0v) is 18.7. The number of ether oxygens (including phenoxy) is 1. The van der Waals surface area contributed by atoms with Crippen molar-refractivity contribution in [3.05, 3.63) is 65.0 Å². The van der Waals surface area contributed by atoms with E-state index in [1.54, 1.807) is 11.3 Å². The minimum Gasteiger partial charge on any atom is -0.494 e. The van der Waals surface area contributed by atoms with E-state index < -0.39 is 0 Å². The van der Waals surface area contributed by atoms with Crippen LogP contribution in [0.4, 0.5) is 0 Å². The highest BCUT2D eigenvalue weighted by atomic mass is 32.1. The number of hydrogen-bond acceptors (Lipinski definition) is 4. The number of hydrogen-bond donors (Lipinski definition) is 0. The van der Waals surface area contributed by atoms with Crippen molar-refractivity contribution in [3.63, 3.8) is 0 Å². The lowest BCUT2D eigenvalue weighted by Gasteiger charge is -2.32. The molecule has 1 fully saturated rings. The highest BCUT2D eigenvalue weighted by molar-refractivity contribution is 7.19. The van der Waals surface area contributed by atoms with Crippen LogP contribution in [0.2, 0.25) is 0 Å². The molecular weight excluding hydrogens is 392 g/mol. The van der Waals surface area contributed by atoms with Gasteiger partial charge >= 0.3 is 0 Å². The molecule has 1 aromatic heterocycles. The Balaban J connectivity index is 1.55. The summed E-state index contributed by atoms with van der Waals surface area (Å²) in [6.07, 6.45) is 2.92. The van der Waals surface area contributed by atoms with Crippen molar-refractivity contribution < 1.29 is 9.53 Å². The van der Waals surface area contributed by atoms with Gasteiger partial charge in [0.1, 0.15) is 5.75 Å². The van der Waals surface area contributed by atoms with Gasteiger partial charge in [-0.1, -0.05) is 30.3 Å². The second-order valence-electron chi connectivity index (χ2n) is 7.96.